The first-order chi connectivity index (χ1) is 14.2. The monoisotopic (exact) mass is 436 g/mol. The van der Waals surface area contributed by atoms with Crippen molar-refractivity contribution in [1.29, 1.82) is 0 Å². The van der Waals surface area contributed by atoms with Crippen LogP contribution in [0.4, 0.5) is 4.39 Å². The van der Waals surface area contributed by atoms with E-state index < -0.39 is 23.1 Å². The minimum Gasteiger partial charge on any atom is -0.384 e. The normalized spacial score (nSPS) is 24.0. The van der Waals surface area contributed by atoms with Crippen LogP contribution in [0.15, 0.2) is 36.5 Å². The van der Waals surface area contributed by atoms with Gasteiger partial charge in [-0.3, -0.25) is 9.78 Å². The molecule has 1 aromatic carbocycles. The van der Waals surface area contributed by atoms with Gasteiger partial charge in [-0.05, 0) is 18.6 Å². The number of carbonyl (C=O) groups excluding carboxylic acids is 1. The van der Waals surface area contributed by atoms with Gasteiger partial charge in [0.2, 0.25) is 0 Å². The van der Waals surface area contributed by atoms with Crippen molar-refractivity contribution in [3.8, 4) is 0 Å². The number of nitrogens with zero attached hydrogens (tertiary/aromatic N) is 2. The van der Waals surface area contributed by atoms with Gasteiger partial charge in [0.05, 0.1) is 23.1 Å². The number of fused-ring (bicyclic) bond motifs is 1. The van der Waals surface area contributed by atoms with E-state index in [1.54, 1.807) is 31.5 Å². The van der Waals surface area contributed by atoms with Crippen molar-refractivity contribution in [3.05, 3.63) is 42.1 Å². The minimum absolute atomic E-state index is 0.0701. The fourth-order valence-corrected chi connectivity index (χ4v) is 4.56. The lowest BCUT2D eigenvalue weighted by Gasteiger charge is -2.44. The summed E-state index contributed by atoms with van der Waals surface area (Å²) in [5.41, 5.74) is 5.06. The summed E-state index contributed by atoms with van der Waals surface area (Å²) in [5.74, 6) is -0.462. The average molecular weight is 437 g/mol. The van der Waals surface area contributed by atoms with Gasteiger partial charge in [-0.15, -0.1) is 11.6 Å². The Kier molecular flexibility index (Phi) is 6.97. The highest BCUT2D eigenvalue weighted by molar-refractivity contribution is 6.21. The second kappa shape index (κ2) is 9.14. The molecule has 1 fully saturated rings. The molecular weight excluding hydrogens is 407 g/mol. The Labute approximate surface area is 181 Å². The number of carbonyl (C=O) groups is 1. The highest BCUT2D eigenvalue weighted by atomic mass is 35.5. The highest BCUT2D eigenvalue weighted by Gasteiger charge is 2.48. The zero-order valence-electron chi connectivity index (χ0n) is 17.7. The number of pyridine rings is 1. The van der Waals surface area contributed by atoms with Crippen molar-refractivity contribution in [2.24, 2.45) is 11.1 Å². The van der Waals surface area contributed by atoms with E-state index in [1.807, 2.05) is 12.1 Å². The number of nitrogens with two attached hydrogens (primary N) is 1. The molecule has 3 unspecified atom stereocenters. The van der Waals surface area contributed by atoms with Crippen LogP contribution >= 0.6 is 11.6 Å². The molecule has 0 radical (unpaired) electrons. The Balaban J connectivity index is 1.67. The number of benzene rings is 1. The Morgan fingerprint density at radius 1 is 1.47 bits per heavy atom. The molecule has 1 aliphatic rings. The highest BCUT2D eigenvalue weighted by Crippen LogP contribution is 2.34. The molecule has 164 valence electrons. The van der Waals surface area contributed by atoms with E-state index in [1.165, 1.54) is 0 Å². The second-order valence-corrected chi connectivity index (χ2v) is 9.34. The SMILES string of the molecule is COCC(C)(C)CN1CCC(F)(C(N)NC(=O)c2cccc3cccnc23)C(Cl)C1. The van der Waals surface area contributed by atoms with Crippen molar-refractivity contribution < 1.29 is 13.9 Å². The third-order valence-corrected chi connectivity index (χ3v) is 6.12. The molecule has 3 N–H and O–H groups in total. The molecular formula is C22H30ClFN4O2. The molecule has 1 amide bonds. The Hall–Kier alpha value is -1.80. The van der Waals surface area contributed by atoms with Crippen LogP contribution in [-0.4, -0.2) is 66.4 Å². The van der Waals surface area contributed by atoms with Crippen LogP contribution in [0.25, 0.3) is 10.9 Å². The molecule has 3 atom stereocenters. The number of halogens is 2. The van der Waals surface area contributed by atoms with Crippen molar-refractivity contribution in [2.75, 3.05) is 33.4 Å². The number of piperidine rings is 1. The number of hydrogen-bond acceptors (Lipinski definition) is 5. The molecule has 30 heavy (non-hydrogen) atoms. The van der Waals surface area contributed by atoms with Crippen molar-refractivity contribution in [3.63, 3.8) is 0 Å². The lowest BCUT2D eigenvalue weighted by atomic mass is 9.87. The molecule has 3 rings (SSSR count). The standard InChI is InChI=1S/C22H30ClFN4O2/c1-21(2,14-30-3)13-28-11-9-22(24,17(23)12-28)20(25)27-19(29)16-8-4-6-15-7-5-10-26-18(15)16/h4-8,10,17,20H,9,11-14,25H2,1-3H3,(H,27,29). The van der Waals surface area contributed by atoms with Crippen molar-refractivity contribution >= 4 is 28.4 Å². The van der Waals surface area contributed by atoms with Crippen LogP contribution in [0.1, 0.15) is 30.6 Å². The molecule has 1 saturated heterocycles. The molecule has 0 bridgehead atoms. The Morgan fingerprint density at radius 3 is 2.90 bits per heavy atom. The zero-order chi connectivity index (χ0) is 21.9. The molecule has 6 nitrogen and oxygen atoms in total. The third kappa shape index (κ3) is 4.91. The summed E-state index contributed by atoms with van der Waals surface area (Å²) in [6.07, 6.45) is 0.533. The lowest BCUT2D eigenvalue weighted by molar-refractivity contribution is 0.00631. The van der Waals surface area contributed by atoms with E-state index >= 15 is 4.39 Å². The van der Waals surface area contributed by atoms with Gasteiger partial charge in [0.1, 0.15) is 6.17 Å². The fraction of sp³-hybridized carbons (Fsp3) is 0.545. The van der Waals surface area contributed by atoms with Gasteiger partial charge in [-0.1, -0.05) is 32.0 Å². The molecule has 8 heteroatoms. The second-order valence-electron chi connectivity index (χ2n) is 8.81. The van der Waals surface area contributed by atoms with Crippen LogP contribution in [0.3, 0.4) is 0 Å². The molecule has 0 aliphatic carbocycles. The third-order valence-electron chi connectivity index (χ3n) is 5.62. The number of likely N-dealkylation sites (tertiary alicyclic amines) is 1. The van der Waals surface area contributed by atoms with Crippen LogP contribution in [0.5, 0.6) is 0 Å². The summed E-state index contributed by atoms with van der Waals surface area (Å²) in [6, 6.07) is 8.95. The van der Waals surface area contributed by atoms with E-state index in [4.69, 9.17) is 22.1 Å². The fourth-order valence-electron chi connectivity index (χ4n) is 4.12. The van der Waals surface area contributed by atoms with Gasteiger partial charge in [-0.25, -0.2) is 4.39 Å². The van der Waals surface area contributed by atoms with Gasteiger partial charge in [0, 0.05) is 43.7 Å². The average Bonchev–Trinajstić information content (AvgIpc) is 2.70. The maximum atomic E-state index is 15.8. The first kappa shape index (κ1) is 22.9. The zero-order valence-corrected chi connectivity index (χ0v) is 18.5. The Bertz CT molecular complexity index is 891. The number of hydrogen-bond donors (Lipinski definition) is 2. The summed E-state index contributed by atoms with van der Waals surface area (Å²) >= 11 is 6.45. The number of ether oxygens (including phenoxy) is 1. The number of methoxy groups -OCH3 is 1. The number of para-hydroxylation sites is 1. The molecule has 2 aromatic rings. The number of aromatic nitrogens is 1. The summed E-state index contributed by atoms with van der Waals surface area (Å²) in [6.45, 7) is 6.40. The van der Waals surface area contributed by atoms with Gasteiger partial charge < -0.3 is 20.7 Å². The molecule has 2 heterocycles. The number of amides is 1. The predicted octanol–water partition coefficient (Wildman–Crippen LogP) is 2.94. The topological polar surface area (TPSA) is 80.5 Å². The van der Waals surface area contributed by atoms with Crippen molar-refractivity contribution in [2.45, 2.75) is 37.5 Å². The molecule has 0 spiro atoms. The van der Waals surface area contributed by atoms with Gasteiger partial charge in [0.15, 0.2) is 5.67 Å². The number of alkyl halides is 2. The van der Waals surface area contributed by atoms with Crippen LogP contribution in [-0.2, 0) is 4.74 Å². The number of nitrogens with one attached hydrogen (secondary N) is 1. The maximum Gasteiger partial charge on any atom is 0.254 e. The van der Waals surface area contributed by atoms with Gasteiger partial charge in [-0.2, -0.15) is 0 Å². The van der Waals surface area contributed by atoms with Crippen LogP contribution < -0.4 is 11.1 Å². The first-order valence-corrected chi connectivity index (χ1v) is 10.5. The van der Waals surface area contributed by atoms with E-state index in [9.17, 15) is 4.79 Å². The quantitative estimate of drug-likeness (QED) is 0.515. The van der Waals surface area contributed by atoms with Crippen molar-refractivity contribution in [1.82, 2.24) is 15.2 Å². The smallest absolute Gasteiger partial charge is 0.254 e. The number of rotatable bonds is 7. The maximum absolute atomic E-state index is 15.8. The first-order valence-electron chi connectivity index (χ1n) is 10.1. The largest absolute Gasteiger partial charge is 0.384 e. The molecule has 1 aliphatic heterocycles. The molecule has 1 aromatic heterocycles. The summed E-state index contributed by atoms with van der Waals surface area (Å²) in [7, 11) is 1.67. The van der Waals surface area contributed by atoms with Crippen LogP contribution in [0, 0.1) is 5.41 Å². The van der Waals surface area contributed by atoms with E-state index in [0.717, 1.165) is 11.9 Å². The van der Waals surface area contributed by atoms with E-state index in [0.29, 0.717) is 30.8 Å². The predicted molar refractivity (Wildman–Crippen MR) is 117 cm³/mol. The van der Waals surface area contributed by atoms with Gasteiger partial charge in [0.25, 0.3) is 5.91 Å². The summed E-state index contributed by atoms with van der Waals surface area (Å²) in [5, 5.41) is 2.60. The minimum atomic E-state index is -1.91. The van der Waals surface area contributed by atoms with E-state index in [2.05, 4.69) is 29.0 Å². The summed E-state index contributed by atoms with van der Waals surface area (Å²) < 4.78 is 21.0. The Morgan fingerprint density at radius 2 is 2.20 bits per heavy atom. The van der Waals surface area contributed by atoms with Gasteiger partial charge >= 0.3 is 0 Å². The van der Waals surface area contributed by atoms with E-state index in [-0.39, 0.29) is 11.8 Å². The molecule has 0 saturated carbocycles. The summed E-state index contributed by atoms with van der Waals surface area (Å²) in [4.78, 5) is 19.2. The lowest BCUT2D eigenvalue weighted by Crippen LogP contribution is -2.65. The van der Waals surface area contributed by atoms with Crippen LogP contribution in [0.2, 0.25) is 0 Å².